The fraction of sp³-hybridized carbons (Fsp3) is 0.273. The van der Waals surface area contributed by atoms with Crippen LogP contribution in [-0.4, -0.2) is 16.1 Å². The normalized spacial score (nSPS) is 12.3. The molecule has 0 aliphatic carbocycles. The fourth-order valence-electron chi connectivity index (χ4n) is 7.65. The van der Waals surface area contributed by atoms with Gasteiger partial charge in [-0.3, -0.25) is 0 Å². The van der Waals surface area contributed by atoms with Crippen molar-refractivity contribution in [2.45, 2.75) is 77.8 Å². The summed E-state index contributed by atoms with van der Waals surface area (Å²) in [6.45, 7) is 21.2. The summed E-state index contributed by atoms with van der Waals surface area (Å²) in [7, 11) is -3.36. The van der Waals surface area contributed by atoms with Crippen LogP contribution in [0.3, 0.4) is 0 Å². The predicted octanol–water partition coefficient (Wildman–Crippen LogP) is 12.8. The van der Waals surface area contributed by atoms with Gasteiger partial charge in [-0.15, -0.1) is 11.1 Å². The molecule has 0 heterocycles. The third kappa shape index (κ3) is 5.82. The van der Waals surface area contributed by atoms with Crippen LogP contribution in [0.5, 0.6) is 0 Å². The van der Waals surface area contributed by atoms with Crippen LogP contribution in [0.15, 0.2) is 97.1 Å². The molecule has 0 saturated carbocycles. The van der Waals surface area contributed by atoms with E-state index in [-0.39, 0.29) is 0 Å². The highest BCUT2D eigenvalue weighted by atomic mass is 28.3. The molecule has 0 bridgehead atoms. The van der Waals surface area contributed by atoms with Crippen LogP contribution in [0.25, 0.3) is 54.2 Å². The average Bonchev–Trinajstić information content (AvgIpc) is 3.00. The third-order valence-electron chi connectivity index (χ3n) is 9.90. The number of fused-ring (bicyclic) bond motifs is 4. The minimum absolute atomic E-state index is 0.604. The number of rotatable bonds is 4. The third-order valence-corrected chi connectivity index (χ3v) is 17.1. The summed E-state index contributed by atoms with van der Waals surface area (Å²) in [6, 6.07) is 36.0. The zero-order valence-corrected chi connectivity index (χ0v) is 31.0. The summed E-state index contributed by atoms with van der Waals surface area (Å²) < 4.78 is 0. The van der Waals surface area contributed by atoms with Crippen LogP contribution in [-0.2, 0) is 0 Å². The second-order valence-electron chi connectivity index (χ2n) is 15.0. The van der Waals surface area contributed by atoms with Crippen molar-refractivity contribution in [1.82, 2.24) is 0 Å². The van der Waals surface area contributed by atoms with E-state index in [2.05, 4.69) is 181 Å². The first-order valence-corrected chi connectivity index (χ1v) is 22.6. The molecule has 0 N–H and O–H groups in total. The van der Waals surface area contributed by atoms with Crippen molar-refractivity contribution >= 4 is 59.2 Å². The Balaban J connectivity index is 1.59. The predicted molar refractivity (Wildman–Crippen MR) is 210 cm³/mol. The lowest BCUT2D eigenvalue weighted by Crippen LogP contribution is -2.43. The van der Waals surface area contributed by atoms with E-state index in [1.807, 2.05) is 0 Å². The molecule has 0 aliphatic rings. The molecular formula is C44H46Si2. The maximum absolute atomic E-state index is 3.98. The van der Waals surface area contributed by atoms with Gasteiger partial charge in [0.25, 0.3) is 0 Å². The zero-order valence-electron chi connectivity index (χ0n) is 29.0. The highest BCUT2D eigenvalue weighted by Crippen LogP contribution is 2.41. The summed E-state index contributed by atoms with van der Waals surface area (Å²) >= 11 is 0. The van der Waals surface area contributed by atoms with Gasteiger partial charge in [0.05, 0.1) is 0 Å². The standard InChI is InChI=1S/C44H46Si2/c1-30(2)46(31(3)4,32(5)6)25-23-34-15-11-17-36-27-38-19-13-21-40(44(38)29-42(34)36)39-20-12-18-37-26-35-16-10-14-33(22-24-45(7,8)9)41(35)28-43(37)39/h10-21,26-32H,1-9H3. The van der Waals surface area contributed by atoms with Crippen LogP contribution in [0.4, 0.5) is 0 Å². The van der Waals surface area contributed by atoms with E-state index in [4.69, 9.17) is 0 Å². The minimum Gasteiger partial charge on any atom is -0.127 e. The molecule has 2 heteroatoms. The molecule has 0 aliphatic heterocycles. The first kappa shape index (κ1) is 31.9. The van der Waals surface area contributed by atoms with Crippen molar-refractivity contribution in [3.63, 3.8) is 0 Å². The van der Waals surface area contributed by atoms with Crippen LogP contribution < -0.4 is 0 Å². The van der Waals surface area contributed by atoms with Gasteiger partial charge in [0.2, 0.25) is 0 Å². The molecule has 6 rings (SSSR count). The number of hydrogen-bond donors (Lipinski definition) is 0. The van der Waals surface area contributed by atoms with Crippen molar-refractivity contribution in [2.75, 3.05) is 0 Å². The highest BCUT2D eigenvalue weighted by Gasteiger charge is 2.41. The van der Waals surface area contributed by atoms with Gasteiger partial charge in [0, 0.05) is 11.1 Å². The zero-order chi connectivity index (χ0) is 32.8. The summed E-state index contributed by atoms with van der Waals surface area (Å²) in [5.74, 6) is 7.33. The first-order chi connectivity index (χ1) is 21.9. The highest BCUT2D eigenvalue weighted by molar-refractivity contribution is 6.90. The molecule has 0 fully saturated rings. The molecule has 6 aromatic carbocycles. The first-order valence-electron chi connectivity index (χ1n) is 16.9. The summed E-state index contributed by atoms with van der Waals surface area (Å²) in [5, 5.41) is 9.99. The maximum Gasteiger partial charge on any atom is 0.146 e. The van der Waals surface area contributed by atoms with E-state index in [1.54, 1.807) is 0 Å². The molecule has 230 valence electrons. The molecule has 0 aromatic heterocycles. The Labute approximate surface area is 278 Å². The summed E-state index contributed by atoms with van der Waals surface area (Å²) in [5.41, 5.74) is 14.2. The van der Waals surface area contributed by atoms with Crippen LogP contribution in [0.2, 0.25) is 36.3 Å². The molecule has 6 aromatic rings. The van der Waals surface area contributed by atoms with Gasteiger partial charge < -0.3 is 0 Å². The van der Waals surface area contributed by atoms with Crippen molar-refractivity contribution < 1.29 is 0 Å². The Hall–Kier alpha value is -4.09. The topological polar surface area (TPSA) is 0 Å². The van der Waals surface area contributed by atoms with E-state index < -0.39 is 16.1 Å². The lowest BCUT2D eigenvalue weighted by atomic mass is 9.90. The van der Waals surface area contributed by atoms with Gasteiger partial charge in [-0.1, -0.05) is 134 Å². The Bertz CT molecular complexity index is 2220. The number of benzene rings is 6. The second kappa shape index (κ2) is 12.3. The summed E-state index contributed by atoms with van der Waals surface area (Å²) in [4.78, 5) is 0. The molecule has 0 spiro atoms. The van der Waals surface area contributed by atoms with Crippen molar-refractivity contribution in [1.29, 1.82) is 0 Å². The lowest BCUT2D eigenvalue weighted by molar-refractivity contribution is 0.838. The number of hydrogen-bond acceptors (Lipinski definition) is 0. The molecule has 0 amide bonds. The maximum atomic E-state index is 3.98. The molecule has 0 atom stereocenters. The largest absolute Gasteiger partial charge is 0.146 e. The SMILES string of the molecule is CC(C)[Si](C#Cc1cccc2cc3cccc(-c4cccc5cc6cccc(C#C[Si](C)(C)C)c6cc45)c3cc12)(C(C)C)C(C)C. The van der Waals surface area contributed by atoms with Crippen molar-refractivity contribution in [3.8, 4) is 34.1 Å². The van der Waals surface area contributed by atoms with E-state index in [0.717, 1.165) is 11.1 Å². The van der Waals surface area contributed by atoms with E-state index in [9.17, 15) is 0 Å². The average molecular weight is 631 g/mol. The monoisotopic (exact) mass is 630 g/mol. The van der Waals surface area contributed by atoms with E-state index in [0.29, 0.717) is 16.6 Å². The van der Waals surface area contributed by atoms with Gasteiger partial charge in [-0.25, -0.2) is 0 Å². The van der Waals surface area contributed by atoms with Gasteiger partial charge in [0.1, 0.15) is 16.1 Å². The van der Waals surface area contributed by atoms with Crippen molar-refractivity contribution in [2.24, 2.45) is 0 Å². The van der Waals surface area contributed by atoms with Gasteiger partial charge in [-0.2, -0.15) is 0 Å². The van der Waals surface area contributed by atoms with Gasteiger partial charge in [-0.05, 0) is 107 Å². The lowest BCUT2D eigenvalue weighted by Gasteiger charge is -2.38. The van der Waals surface area contributed by atoms with Gasteiger partial charge >= 0.3 is 0 Å². The molecule has 0 saturated heterocycles. The fourth-order valence-corrected chi connectivity index (χ4v) is 13.4. The Kier molecular flexibility index (Phi) is 8.50. The molecular weight excluding hydrogens is 585 g/mol. The van der Waals surface area contributed by atoms with Crippen molar-refractivity contribution in [3.05, 3.63) is 108 Å². The van der Waals surface area contributed by atoms with E-state index in [1.165, 1.54) is 54.2 Å². The Morgan fingerprint density at radius 3 is 1.20 bits per heavy atom. The minimum atomic E-state index is -1.86. The Morgan fingerprint density at radius 2 is 0.804 bits per heavy atom. The summed E-state index contributed by atoms with van der Waals surface area (Å²) in [6.07, 6.45) is 0. The van der Waals surface area contributed by atoms with Crippen LogP contribution in [0, 0.1) is 22.9 Å². The van der Waals surface area contributed by atoms with E-state index >= 15 is 0 Å². The smallest absolute Gasteiger partial charge is 0.127 e. The molecule has 46 heavy (non-hydrogen) atoms. The van der Waals surface area contributed by atoms with Crippen LogP contribution in [0.1, 0.15) is 52.7 Å². The molecule has 0 unspecified atom stereocenters. The molecule has 0 radical (unpaired) electrons. The molecule has 0 nitrogen and oxygen atoms in total. The quantitative estimate of drug-likeness (QED) is 0.103. The second-order valence-corrected chi connectivity index (χ2v) is 25.3. The van der Waals surface area contributed by atoms with Crippen LogP contribution >= 0.6 is 0 Å². The Morgan fingerprint density at radius 1 is 0.435 bits per heavy atom. The van der Waals surface area contributed by atoms with Gasteiger partial charge in [0.15, 0.2) is 0 Å².